The van der Waals surface area contributed by atoms with Gasteiger partial charge in [0.25, 0.3) is 5.91 Å². The topological polar surface area (TPSA) is 72.0 Å². The number of carbonyl (C=O) groups excluding carboxylic acids is 3. The second-order valence-corrected chi connectivity index (χ2v) is 7.05. The van der Waals surface area contributed by atoms with Gasteiger partial charge in [0.15, 0.2) is 5.78 Å². The normalized spacial score (nSPS) is 21.0. The first kappa shape index (κ1) is 16.6. The van der Waals surface area contributed by atoms with E-state index in [0.29, 0.717) is 23.7 Å². The Balaban J connectivity index is 1.98. The second-order valence-electron chi connectivity index (χ2n) is 6.10. The maximum absolute atomic E-state index is 12.8. The van der Waals surface area contributed by atoms with Crippen LogP contribution in [0.2, 0.25) is 0 Å². The van der Waals surface area contributed by atoms with E-state index in [4.69, 9.17) is 4.42 Å². The first-order valence-corrected chi connectivity index (χ1v) is 8.63. The molecule has 0 saturated carbocycles. The number of likely N-dealkylation sites (N-methyl/N-ethyl adjacent to an activating group) is 1. The number of amides is 1. The van der Waals surface area contributed by atoms with Crippen LogP contribution >= 0.6 is 11.3 Å². The fourth-order valence-corrected chi connectivity index (χ4v) is 3.62. The maximum Gasteiger partial charge on any atom is 0.291 e. The van der Waals surface area contributed by atoms with Crippen LogP contribution in [0.5, 0.6) is 0 Å². The Morgan fingerprint density at radius 3 is 2.67 bits per heavy atom. The lowest BCUT2D eigenvalue weighted by atomic mass is 9.91. The summed E-state index contributed by atoms with van der Waals surface area (Å²) in [4.78, 5) is 41.0. The van der Waals surface area contributed by atoms with Gasteiger partial charge >= 0.3 is 0 Å². The monoisotopic (exact) mass is 347 g/mol. The van der Waals surface area contributed by atoms with Crippen molar-refractivity contribution in [2.45, 2.75) is 6.04 Å². The lowest BCUT2D eigenvalue weighted by Gasteiger charge is -2.25. The van der Waals surface area contributed by atoms with Gasteiger partial charge in [-0.2, -0.15) is 0 Å². The third kappa shape index (κ3) is 2.92. The molecule has 1 saturated heterocycles. The van der Waals surface area contributed by atoms with Crippen molar-refractivity contribution in [3.8, 4) is 0 Å². The van der Waals surface area contributed by atoms with Crippen molar-refractivity contribution in [2.75, 3.05) is 27.2 Å². The van der Waals surface area contributed by atoms with Crippen LogP contribution in [0.15, 0.2) is 40.3 Å². The molecule has 2 unspecified atom stereocenters. The van der Waals surface area contributed by atoms with Crippen LogP contribution in [-0.4, -0.2) is 49.6 Å². The highest BCUT2D eigenvalue weighted by Gasteiger charge is 2.53. The summed E-state index contributed by atoms with van der Waals surface area (Å²) in [5.41, 5.74) is 0. The van der Waals surface area contributed by atoms with Gasteiger partial charge in [0.05, 0.1) is 38.3 Å². The quantitative estimate of drug-likeness (QED) is 0.468. The molecule has 0 spiro atoms. The Hall–Kier alpha value is -2.25. The number of likely N-dealkylation sites (tertiary alicyclic amines) is 1. The van der Waals surface area contributed by atoms with Gasteiger partial charge in [-0.05, 0) is 23.6 Å². The molecule has 1 amide bonds. The van der Waals surface area contributed by atoms with Crippen molar-refractivity contribution in [3.63, 3.8) is 0 Å². The molecule has 0 aliphatic carbocycles. The van der Waals surface area contributed by atoms with E-state index in [1.165, 1.54) is 22.5 Å². The summed E-state index contributed by atoms with van der Waals surface area (Å²) in [7, 11) is 3.94. The van der Waals surface area contributed by atoms with Gasteiger partial charge in [-0.15, -0.1) is 11.3 Å². The van der Waals surface area contributed by atoms with Crippen molar-refractivity contribution in [3.05, 3.63) is 46.5 Å². The first-order chi connectivity index (χ1) is 11.5. The van der Waals surface area contributed by atoms with E-state index < -0.39 is 23.7 Å². The van der Waals surface area contributed by atoms with E-state index in [0.717, 1.165) is 4.90 Å². The number of furan rings is 1. The number of thiophene rings is 1. The maximum atomic E-state index is 12.8. The molecule has 0 bridgehead atoms. The summed E-state index contributed by atoms with van der Waals surface area (Å²) >= 11 is 1.27. The molecule has 2 atom stereocenters. The molecule has 1 fully saturated rings. The third-order valence-corrected chi connectivity index (χ3v) is 5.02. The van der Waals surface area contributed by atoms with Crippen LogP contribution in [0.1, 0.15) is 21.5 Å². The lowest BCUT2D eigenvalue weighted by Crippen LogP contribution is -3.06. The minimum atomic E-state index is -1.04. The number of nitrogens with zero attached hydrogens (tertiary/aromatic N) is 1. The number of hydrogen-bond donors (Lipinski definition) is 1. The Morgan fingerprint density at radius 1 is 1.29 bits per heavy atom. The van der Waals surface area contributed by atoms with Gasteiger partial charge in [-0.25, -0.2) is 0 Å². The third-order valence-electron chi connectivity index (χ3n) is 4.14. The average Bonchev–Trinajstić information content (AvgIpc) is 3.27. The van der Waals surface area contributed by atoms with Crippen LogP contribution in [0.25, 0.3) is 0 Å². The molecular weight excluding hydrogens is 328 g/mol. The summed E-state index contributed by atoms with van der Waals surface area (Å²) in [6.45, 7) is 1.07. The van der Waals surface area contributed by atoms with Crippen LogP contribution < -0.4 is 4.90 Å². The highest BCUT2D eigenvalue weighted by atomic mass is 32.1. The number of Topliss-reactive ketones (excluding diaryl/α,β-unsaturated/α-hetero) is 2. The Kier molecular flexibility index (Phi) is 4.64. The van der Waals surface area contributed by atoms with Crippen LogP contribution in [0.4, 0.5) is 0 Å². The van der Waals surface area contributed by atoms with E-state index in [9.17, 15) is 14.4 Å². The SMILES string of the molecule is C[NH+](C)CCN1C(=O)C(=O)C(C(=O)c2cccs2)C1c1ccco1. The molecule has 7 heteroatoms. The van der Waals surface area contributed by atoms with Gasteiger partial charge in [-0.3, -0.25) is 14.4 Å². The zero-order chi connectivity index (χ0) is 17.3. The molecule has 2 aromatic rings. The molecule has 126 valence electrons. The minimum Gasteiger partial charge on any atom is -0.467 e. The molecule has 2 aromatic heterocycles. The summed E-state index contributed by atoms with van der Waals surface area (Å²) < 4.78 is 5.45. The van der Waals surface area contributed by atoms with Crippen LogP contribution in [-0.2, 0) is 9.59 Å². The molecule has 3 heterocycles. The van der Waals surface area contributed by atoms with E-state index >= 15 is 0 Å². The van der Waals surface area contributed by atoms with Crippen molar-refractivity contribution in [2.24, 2.45) is 5.92 Å². The number of carbonyl (C=O) groups is 3. The second kappa shape index (κ2) is 6.70. The average molecular weight is 347 g/mol. The van der Waals surface area contributed by atoms with E-state index in [-0.39, 0.29) is 5.78 Å². The fraction of sp³-hybridized carbons (Fsp3) is 0.353. The largest absolute Gasteiger partial charge is 0.467 e. The number of ketones is 2. The molecule has 0 aromatic carbocycles. The zero-order valence-electron chi connectivity index (χ0n) is 13.5. The molecular formula is C17H19N2O4S+. The Labute approximate surface area is 143 Å². The van der Waals surface area contributed by atoms with Crippen LogP contribution in [0, 0.1) is 5.92 Å². The van der Waals surface area contributed by atoms with E-state index in [2.05, 4.69) is 0 Å². The zero-order valence-corrected chi connectivity index (χ0v) is 14.3. The number of quaternary nitrogens is 1. The predicted molar refractivity (Wildman–Crippen MR) is 88.0 cm³/mol. The molecule has 24 heavy (non-hydrogen) atoms. The first-order valence-electron chi connectivity index (χ1n) is 7.75. The Bertz CT molecular complexity index is 737. The van der Waals surface area contributed by atoms with Crippen molar-refractivity contribution < 1.29 is 23.7 Å². The summed E-state index contributed by atoms with van der Waals surface area (Å²) in [5, 5.41) is 1.78. The molecule has 1 aliphatic rings. The summed E-state index contributed by atoms with van der Waals surface area (Å²) in [6.07, 6.45) is 1.49. The highest BCUT2D eigenvalue weighted by Crippen LogP contribution is 2.38. The minimum absolute atomic E-state index is 0.315. The highest BCUT2D eigenvalue weighted by molar-refractivity contribution is 7.12. The van der Waals surface area contributed by atoms with Gasteiger partial charge in [-0.1, -0.05) is 6.07 Å². The lowest BCUT2D eigenvalue weighted by molar-refractivity contribution is -0.857. The van der Waals surface area contributed by atoms with E-state index in [1.807, 2.05) is 14.1 Å². The molecule has 0 radical (unpaired) electrons. The van der Waals surface area contributed by atoms with Crippen LogP contribution in [0.3, 0.4) is 0 Å². The van der Waals surface area contributed by atoms with Gasteiger partial charge in [0.1, 0.15) is 17.7 Å². The predicted octanol–water partition coefficient (Wildman–Crippen LogP) is 0.437. The summed E-state index contributed by atoms with van der Waals surface area (Å²) in [5.74, 6) is -2.14. The summed E-state index contributed by atoms with van der Waals surface area (Å²) in [6, 6.07) is 6.17. The van der Waals surface area contributed by atoms with Crippen molar-refractivity contribution >= 4 is 28.8 Å². The molecule has 6 nitrogen and oxygen atoms in total. The van der Waals surface area contributed by atoms with Crippen molar-refractivity contribution in [1.82, 2.24) is 4.90 Å². The molecule has 3 rings (SSSR count). The smallest absolute Gasteiger partial charge is 0.291 e. The van der Waals surface area contributed by atoms with E-state index in [1.54, 1.807) is 29.6 Å². The number of nitrogens with one attached hydrogen (secondary N) is 1. The van der Waals surface area contributed by atoms with Crippen molar-refractivity contribution in [1.29, 1.82) is 0 Å². The molecule has 1 N–H and O–H groups in total. The number of rotatable bonds is 6. The standard InChI is InChI=1S/C17H18N2O4S/c1-18(2)7-8-19-14(11-5-3-9-23-11)13(16(21)17(19)22)15(20)12-6-4-10-24-12/h3-6,9-10,13-14H,7-8H2,1-2H3/p+1. The van der Waals surface area contributed by atoms with Gasteiger partial charge in [0, 0.05) is 0 Å². The fourth-order valence-electron chi connectivity index (χ4n) is 2.92. The van der Waals surface area contributed by atoms with Gasteiger partial charge in [0.2, 0.25) is 5.78 Å². The molecule has 1 aliphatic heterocycles. The Morgan fingerprint density at radius 2 is 2.08 bits per heavy atom. The van der Waals surface area contributed by atoms with Gasteiger partial charge < -0.3 is 14.2 Å². The number of hydrogen-bond acceptors (Lipinski definition) is 5.